The van der Waals surface area contributed by atoms with Crippen LogP contribution in [0.4, 0.5) is 0 Å². The molecule has 5 rings (SSSR count). The first kappa shape index (κ1) is 26.8. The summed E-state index contributed by atoms with van der Waals surface area (Å²) in [6, 6.07) is 19.1. The van der Waals surface area contributed by atoms with Gasteiger partial charge in [0, 0.05) is 24.4 Å². The fraction of sp³-hybridized carbons (Fsp3) is 0.419. The van der Waals surface area contributed by atoms with Gasteiger partial charge in [0.05, 0.1) is 11.6 Å². The Kier molecular flexibility index (Phi) is 8.51. The molecule has 39 heavy (non-hydrogen) atoms. The van der Waals surface area contributed by atoms with Crippen molar-refractivity contribution in [2.24, 2.45) is 0 Å². The third-order valence-electron chi connectivity index (χ3n) is 7.88. The number of pyridine rings is 1. The van der Waals surface area contributed by atoms with Gasteiger partial charge in [-0.15, -0.1) is 0 Å². The van der Waals surface area contributed by atoms with Crippen molar-refractivity contribution in [3.05, 3.63) is 78.0 Å². The number of nitrogens with zero attached hydrogens (tertiary/aromatic N) is 2. The minimum atomic E-state index is -1.31. The standard InChI is InChI=1S/C31H36N4O4/c36-28(30(38)32-23-13-5-2-6-14-23)27-16-9-19-35(27)31(39)26(20-21-10-3-1-4-11-21)34-29(37)25-18-17-22-12-7-8-15-24(22)33-25/h1,3-4,7-8,10-12,15,17-18,23,26-28,36H,2,5-6,9,13-14,16,19-20H2,(H,32,38)(H,34,37)/t26-,27-,28?/m0/s1. The maximum Gasteiger partial charge on any atom is 0.270 e. The van der Waals surface area contributed by atoms with Crippen molar-refractivity contribution < 1.29 is 19.5 Å². The van der Waals surface area contributed by atoms with E-state index in [0.29, 0.717) is 24.9 Å². The molecular weight excluding hydrogens is 492 g/mol. The molecule has 1 aliphatic carbocycles. The number of aliphatic hydroxyl groups excluding tert-OH is 1. The quantitative estimate of drug-likeness (QED) is 0.415. The number of hydrogen-bond donors (Lipinski definition) is 3. The molecule has 1 saturated heterocycles. The Morgan fingerprint density at radius 2 is 1.64 bits per heavy atom. The van der Waals surface area contributed by atoms with Crippen LogP contribution in [0.15, 0.2) is 66.7 Å². The minimum Gasteiger partial charge on any atom is -0.381 e. The first-order valence-corrected chi connectivity index (χ1v) is 14.0. The number of carbonyl (C=O) groups is 3. The van der Waals surface area contributed by atoms with Gasteiger partial charge in [0.25, 0.3) is 11.8 Å². The summed E-state index contributed by atoms with van der Waals surface area (Å²) < 4.78 is 0. The summed E-state index contributed by atoms with van der Waals surface area (Å²) >= 11 is 0. The normalized spacial score (nSPS) is 19.4. The summed E-state index contributed by atoms with van der Waals surface area (Å²) in [6.07, 6.45) is 5.33. The Morgan fingerprint density at radius 3 is 2.44 bits per heavy atom. The summed E-state index contributed by atoms with van der Waals surface area (Å²) in [5.41, 5.74) is 1.82. The molecule has 0 bridgehead atoms. The minimum absolute atomic E-state index is 0.0750. The molecule has 3 amide bonds. The highest BCUT2D eigenvalue weighted by Gasteiger charge is 2.40. The number of hydrogen-bond acceptors (Lipinski definition) is 5. The summed E-state index contributed by atoms with van der Waals surface area (Å²) in [5.74, 6) is -1.17. The molecule has 204 valence electrons. The molecule has 3 aromatic rings. The van der Waals surface area contributed by atoms with Gasteiger partial charge in [0.2, 0.25) is 5.91 Å². The number of amides is 3. The van der Waals surface area contributed by atoms with Crippen LogP contribution in [0.1, 0.15) is 61.0 Å². The van der Waals surface area contributed by atoms with E-state index in [9.17, 15) is 19.5 Å². The number of likely N-dealkylation sites (tertiary alicyclic amines) is 1. The average molecular weight is 529 g/mol. The smallest absolute Gasteiger partial charge is 0.270 e. The highest BCUT2D eigenvalue weighted by Crippen LogP contribution is 2.24. The zero-order valence-electron chi connectivity index (χ0n) is 22.1. The van der Waals surface area contributed by atoms with Crippen molar-refractivity contribution in [3.8, 4) is 0 Å². The maximum absolute atomic E-state index is 13.9. The first-order chi connectivity index (χ1) is 19.0. The van der Waals surface area contributed by atoms with Crippen LogP contribution in [0.3, 0.4) is 0 Å². The monoisotopic (exact) mass is 528 g/mol. The van der Waals surface area contributed by atoms with Crippen LogP contribution in [0.5, 0.6) is 0 Å². The number of aliphatic hydroxyl groups is 1. The number of para-hydroxylation sites is 1. The number of benzene rings is 2. The number of aromatic nitrogens is 1. The second-order valence-corrected chi connectivity index (χ2v) is 10.6. The molecule has 2 aromatic carbocycles. The maximum atomic E-state index is 13.9. The predicted molar refractivity (Wildman–Crippen MR) is 149 cm³/mol. The average Bonchev–Trinajstić information content (AvgIpc) is 3.47. The second kappa shape index (κ2) is 12.4. The van der Waals surface area contributed by atoms with Crippen molar-refractivity contribution in [2.75, 3.05) is 6.54 Å². The number of rotatable bonds is 8. The van der Waals surface area contributed by atoms with Gasteiger partial charge in [-0.05, 0) is 43.4 Å². The molecule has 1 unspecified atom stereocenters. The molecule has 8 heteroatoms. The summed E-state index contributed by atoms with van der Waals surface area (Å²) in [4.78, 5) is 46.2. The molecular formula is C31H36N4O4. The second-order valence-electron chi connectivity index (χ2n) is 10.6. The fourth-order valence-corrected chi connectivity index (χ4v) is 5.78. The highest BCUT2D eigenvalue weighted by atomic mass is 16.3. The van der Waals surface area contributed by atoms with Gasteiger partial charge in [-0.1, -0.05) is 73.9 Å². The Labute approximate surface area is 228 Å². The van der Waals surface area contributed by atoms with Crippen LogP contribution in [-0.2, 0) is 16.0 Å². The molecule has 3 atom stereocenters. The Morgan fingerprint density at radius 1 is 0.897 bits per heavy atom. The van der Waals surface area contributed by atoms with Crippen LogP contribution in [0, 0.1) is 0 Å². The number of nitrogens with one attached hydrogen (secondary N) is 2. The Bertz CT molecular complexity index is 1310. The highest BCUT2D eigenvalue weighted by molar-refractivity contribution is 5.98. The van der Waals surface area contributed by atoms with Crippen LogP contribution < -0.4 is 10.6 Å². The van der Waals surface area contributed by atoms with Gasteiger partial charge in [0.15, 0.2) is 6.10 Å². The lowest BCUT2D eigenvalue weighted by Gasteiger charge is -2.32. The SMILES string of the molecule is O=C(N[C@@H](Cc1ccccc1)C(=O)N1CCC[C@H]1C(O)C(=O)NC1CCCCC1)c1ccc2ccccc2n1. The van der Waals surface area contributed by atoms with E-state index in [1.54, 1.807) is 11.0 Å². The lowest BCUT2D eigenvalue weighted by molar-refractivity contribution is -0.141. The molecule has 2 aliphatic rings. The van der Waals surface area contributed by atoms with Gasteiger partial charge in [-0.2, -0.15) is 0 Å². The Hall–Kier alpha value is -3.78. The van der Waals surface area contributed by atoms with Crippen LogP contribution in [0.25, 0.3) is 10.9 Å². The molecule has 1 aliphatic heterocycles. The number of fused-ring (bicyclic) bond motifs is 1. The van der Waals surface area contributed by atoms with E-state index in [4.69, 9.17) is 0 Å². The molecule has 8 nitrogen and oxygen atoms in total. The van der Waals surface area contributed by atoms with Crippen molar-refractivity contribution in [3.63, 3.8) is 0 Å². The van der Waals surface area contributed by atoms with Crippen LogP contribution in [0.2, 0.25) is 0 Å². The summed E-state index contributed by atoms with van der Waals surface area (Å²) in [6.45, 7) is 0.423. The molecule has 2 heterocycles. The molecule has 2 fully saturated rings. The van der Waals surface area contributed by atoms with Crippen LogP contribution >= 0.6 is 0 Å². The lowest BCUT2D eigenvalue weighted by Crippen LogP contribution is -2.56. The molecule has 1 aromatic heterocycles. The molecule has 1 saturated carbocycles. The number of carbonyl (C=O) groups excluding carboxylic acids is 3. The van der Waals surface area contributed by atoms with E-state index < -0.39 is 30.0 Å². The van der Waals surface area contributed by atoms with Crippen molar-refractivity contribution >= 4 is 28.6 Å². The van der Waals surface area contributed by atoms with Gasteiger partial charge in [-0.3, -0.25) is 14.4 Å². The van der Waals surface area contributed by atoms with E-state index in [1.807, 2.05) is 60.7 Å². The van der Waals surface area contributed by atoms with E-state index in [0.717, 1.165) is 36.6 Å². The lowest BCUT2D eigenvalue weighted by atomic mass is 9.95. The summed E-state index contributed by atoms with van der Waals surface area (Å²) in [7, 11) is 0. The zero-order valence-corrected chi connectivity index (χ0v) is 22.1. The predicted octanol–water partition coefficient (Wildman–Crippen LogP) is 3.38. The third-order valence-corrected chi connectivity index (χ3v) is 7.88. The zero-order chi connectivity index (χ0) is 27.2. The first-order valence-electron chi connectivity index (χ1n) is 14.0. The van der Waals surface area contributed by atoms with Crippen molar-refractivity contribution in [1.82, 2.24) is 20.5 Å². The molecule has 0 radical (unpaired) electrons. The molecule has 3 N–H and O–H groups in total. The third kappa shape index (κ3) is 6.45. The van der Waals surface area contributed by atoms with Crippen molar-refractivity contribution in [2.45, 2.75) is 75.6 Å². The fourth-order valence-electron chi connectivity index (χ4n) is 5.78. The largest absolute Gasteiger partial charge is 0.381 e. The van der Waals surface area contributed by atoms with E-state index in [1.165, 1.54) is 6.42 Å². The van der Waals surface area contributed by atoms with Gasteiger partial charge >= 0.3 is 0 Å². The van der Waals surface area contributed by atoms with Crippen molar-refractivity contribution in [1.29, 1.82) is 0 Å². The van der Waals surface area contributed by atoms with E-state index >= 15 is 0 Å². The summed E-state index contributed by atoms with van der Waals surface area (Å²) in [5, 5.41) is 17.8. The van der Waals surface area contributed by atoms with Gasteiger partial charge < -0.3 is 20.6 Å². The Balaban J connectivity index is 1.33. The van der Waals surface area contributed by atoms with Gasteiger partial charge in [-0.25, -0.2) is 4.98 Å². The molecule has 0 spiro atoms. The topological polar surface area (TPSA) is 112 Å². The van der Waals surface area contributed by atoms with Gasteiger partial charge in [0.1, 0.15) is 11.7 Å². The van der Waals surface area contributed by atoms with E-state index in [2.05, 4.69) is 15.6 Å². The van der Waals surface area contributed by atoms with E-state index in [-0.39, 0.29) is 24.1 Å². The van der Waals surface area contributed by atoms with Crippen LogP contribution in [-0.4, -0.2) is 63.5 Å².